The number of rotatable bonds is 9. The minimum atomic E-state index is -0.945. The first-order valence-electron chi connectivity index (χ1n) is 9.94. The molecule has 0 saturated carbocycles. The molecule has 0 aliphatic carbocycles. The number of amides is 3. The standard InChI is InChI=1S/C23H21BrN4O6/c1-32-18-7-5-17(6-8-18)27-21(29)14-34-20-9-4-16(24)11-15(20)12-26-28-23(31)22(30)25-13-19-3-2-10-33-19/h2-12H,13-14H2,1H3,(H,25,30)(H,27,29)(H,28,31)/b26-12-. The van der Waals surface area contributed by atoms with Gasteiger partial charge in [-0.05, 0) is 54.6 Å². The fraction of sp³-hybridized carbons (Fsp3) is 0.130. The van der Waals surface area contributed by atoms with Crippen LogP contribution < -0.4 is 25.5 Å². The zero-order valence-electron chi connectivity index (χ0n) is 18.0. The second kappa shape index (κ2) is 12.2. The summed E-state index contributed by atoms with van der Waals surface area (Å²) in [6.45, 7) is -0.179. The smallest absolute Gasteiger partial charge is 0.329 e. The van der Waals surface area contributed by atoms with Crippen LogP contribution in [0.2, 0.25) is 0 Å². The lowest BCUT2D eigenvalue weighted by Gasteiger charge is -2.10. The second-order valence-corrected chi connectivity index (χ2v) is 7.62. The van der Waals surface area contributed by atoms with Crippen molar-refractivity contribution in [1.29, 1.82) is 0 Å². The number of carbonyl (C=O) groups excluding carboxylic acids is 3. The summed E-state index contributed by atoms with van der Waals surface area (Å²) >= 11 is 3.35. The molecule has 0 atom stereocenters. The Morgan fingerprint density at radius 3 is 2.59 bits per heavy atom. The van der Waals surface area contributed by atoms with Crippen molar-refractivity contribution in [3.8, 4) is 11.5 Å². The Hall–Kier alpha value is -4.12. The Morgan fingerprint density at radius 2 is 1.88 bits per heavy atom. The molecule has 1 heterocycles. The van der Waals surface area contributed by atoms with Gasteiger partial charge in [0.1, 0.15) is 17.3 Å². The van der Waals surface area contributed by atoms with Gasteiger partial charge in [0.15, 0.2) is 6.61 Å². The van der Waals surface area contributed by atoms with E-state index in [0.717, 1.165) is 4.47 Å². The van der Waals surface area contributed by atoms with Gasteiger partial charge < -0.3 is 24.5 Å². The largest absolute Gasteiger partial charge is 0.497 e. The highest BCUT2D eigenvalue weighted by atomic mass is 79.9. The predicted molar refractivity (Wildman–Crippen MR) is 128 cm³/mol. The lowest BCUT2D eigenvalue weighted by atomic mass is 10.2. The van der Waals surface area contributed by atoms with Gasteiger partial charge in [-0.3, -0.25) is 14.4 Å². The molecule has 0 aliphatic rings. The Bertz CT molecular complexity index is 1160. The minimum Gasteiger partial charge on any atom is -0.497 e. The maximum absolute atomic E-state index is 12.2. The second-order valence-electron chi connectivity index (χ2n) is 6.71. The number of nitrogens with one attached hydrogen (secondary N) is 3. The van der Waals surface area contributed by atoms with Gasteiger partial charge in [0, 0.05) is 15.7 Å². The van der Waals surface area contributed by atoms with Crippen LogP contribution in [0.15, 0.2) is 74.9 Å². The number of hydrazone groups is 1. The average Bonchev–Trinajstić information content (AvgIpc) is 3.36. The molecule has 0 spiro atoms. The first-order chi connectivity index (χ1) is 16.4. The first kappa shape index (κ1) is 24.5. The highest BCUT2D eigenvalue weighted by molar-refractivity contribution is 9.10. The molecule has 1 aromatic heterocycles. The Kier molecular flexibility index (Phi) is 8.81. The number of benzene rings is 2. The van der Waals surface area contributed by atoms with Crippen LogP contribution >= 0.6 is 15.9 Å². The number of hydrogen-bond donors (Lipinski definition) is 3. The third-order valence-electron chi connectivity index (χ3n) is 4.28. The molecule has 3 amide bonds. The maximum Gasteiger partial charge on any atom is 0.329 e. The van der Waals surface area contributed by atoms with Crippen molar-refractivity contribution in [2.24, 2.45) is 5.10 Å². The SMILES string of the molecule is COc1ccc(NC(=O)COc2ccc(Br)cc2/C=N\NC(=O)C(=O)NCc2ccco2)cc1. The highest BCUT2D eigenvalue weighted by Gasteiger charge is 2.13. The Morgan fingerprint density at radius 1 is 1.09 bits per heavy atom. The van der Waals surface area contributed by atoms with E-state index < -0.39 is 11.8 Å². The molecular weight excluding hydrogens is 508 g/mol. The van der Waals surface area contributed by atoms with Gasteiger partial charge in [-0.2, -0.15) is 5.10 Å². The molecule has 0 aliphatic heterocycles. The molecule has 0 unspecified atom stereocenters. The van der Waals surface area contributed by atoms with Crippen molar-refractivity contribution < 1.29 is 28.3 Å². The van der Waals surface area contributed by atoms with E-state index in [9.17, 15) is 14.4 Å². The van der Waals surface area contributed by atoms with Gasteiger partial charge in [-0.25, -0.2) is 5.43 Å². The number of anilines is 1. The van der Waals surface area contributed by atoms with Crippen molar-refractivity contribution >= 4 is 45.6 Å². The number of hydrogen-bond acceptors (Lipinski definition) is 7. The van der Waals surface area contributed by atoms with Crippen molar-refractivity contribution in [3.05, 3.63) is 76.7 Å². The summed E-state index contributed by atoms with van der Waals surface area (Å²) < 4.78 is 16.5. The zero-order chi connectivity index (χ0) is 24.3. The van der Waals surface area contributed by atoms with Crippen LogP contribution in [0.4, 0.5) is 5.69 Å². The Balaban J connectivity index is 1.52. The van der Waals surface area contributed by atoms with Crippen molar-refractivity contribution in [2.75, 3.05) is 19.0 Å². The normalized spacial score (nSPS) is 10.5. The zero-order valence-corrected chi connectivity index (χ0v) is 19.6. The predicted octanol–water partition coefficient (Wildman–Crippen LogP) is 2.83. The summed E-state index contributed by atoms with van der Waals surface area (Å²) in [5.41, 5.74) is 3.21. The van der Waals surface area contributed by atoms with E-state index in [1.807, 2.05) is 0 Å². The van der Waals surface area contributed by atoms with E-state index in [-0.39, 0.29) is 19.1 Å². The molecule has 176 valence electrons. The highest BCUT2D eigenvalue weighted by Crippen LogP contribution is 2.22. The van der Waals surface area contributed by atoms with Gasteiger partial charge in [0.05, 0.1) is 26.1 Å². The van der Waals surface area contributed by atoms with Crippen LogP contribution in [0.1, 0.15) is 11.3 Å². The molecule has 0 radical (unpaired) electrons. The minimum absolute atomic E-state index is 0.0746. The molecule has 2 aromatic carbocycles. The summed E-state index contributed by atoms with van der Waals surface area (Å²) in [4.78, 5) is 36.0. The van der Waals surface area contributed by atoms with Crippen molar-refractivity contribution in [2.45, 2.75) is 6.54 Å². The summed E-state index contributed by atoms with van der Waals surface area (Å²) in [6.07, 6.45) is 2.77. The van der Waals surface area contributed by atoms with E-state index in [4.69, 9.17) is 13.9 Å². The number of methoxy groups -OCH3 is 1. The fourth-order valence-corrected chi connectivity index (χ4v) is 3.02. The van der Waals surface area contributed by atoms with E-state index in [1.165, 1.54) is 12.5 Å². The van der Waals surface area contributed by atoms with Gasteiger partial charge in [-0.1, -0.05) is 15.9 Å². The van der Waals surface area contributed by atoms with E-state index in [0.29, 0.717) is 28.5 Å². The van der Waals surface area contributed by atoms with Crippen molar-refractivity contribution in [1.82, 2.24) is 10.7 Å². The molecular formula is C23H21BrN4O6. The van der Waals surface area contributed by atoms with E-state index in [2.05, 4.69) is 37.1 Å². The third-order valence-corrected chi connectivity index (χ3v) is 4.78. The van der Waals surface area contributed by atoms with Crippen LogP contribution in [0.3, 0.4) is 0 Å². The summed E-state index contributed by atoms with van der Waals surface area (Å²) in [7, 11) is 1.56. The molecule has 3 N–H and O–H groups in total. The van der Waals surface area contributed by atoms with Gasteiger partial charge >= 0.3 is 11.8 Å². The molecule has 34 heavy (non-hydrogen) atoms. The Labute approximate surface area is 203 Å². The van der Waals surface area contributed by atoms with Gasteiger partial charge in [0.2, 0.25) is 0 Å². The fourth-order valence-electron chi connectivity index (χ4n) is 2.64. The quantitative estimate of drug-likeness (QED) is 0.222. The molecule has 0 saturated heterocycles. The maximum atomic E-state index is 12.2. The molecule has 0 bridgehead atoms. The molecule has 3 rings (SSSR count). The summed E-state index contributed by atoms with van der Waals surface area (Å²) in [6, 6.07) is 15.3. The van der Waals surface area contributed by atoms with Crippen LogP contribution in [0.25, 0.3) is 0 Å². The number of carbonyl (C=O) groups is 3. The lowest BCUT2D eigenvalue weighted by Crippen LogP contribution is -2.37. The van der Waals surface area contributed by atoms with Crippen LogP contribution in [-0.2, 0) is 20.9 Å². The number of ether oxygens (including phenoxy) is 2. The van der Waals surface area contributed by atoms with E-state index in [1.54, 1.807) is 61.7 Å². The van der Waals surface area contributed by atoms with Crippen molar-refractivity contribution in [3.63, 3.8) is 0 Å². The molecule has 3 aromatic rings. The van der Waals surface area contributed by atoms with Gasteiger partial charge in [-0.15, -0.1) is 0 Å². The van der Waals surface area contributed by atoms with Crippen LogP contribution in [-0.4, -0.2) is 37.7 Å². The summed E-state index contributed by atoms with van der Waals surface area (Å²) in [5.74, 6) is -0.633. The molecule has 11 heteroatoms. The van der Waals surface area contributed by atoms with Gasteiger partial charge in [0.25, 0.3) is 5.91 Å². The molecule has 10 nitrogen and oxygen atoms in total. The first-order valence-corrected chi connectivity index (χ1v) is 10.7. The van der Waals surface area contributed by atoms with Crippen LogP contribution in [0.5, 0.6) is 11.5 Å². The lowest BCUT2D eigenvalue weighted by molar-refractivity contribution is -0.139. The topological polar surface area (TPSA) is 131 Å². The number of furan rings is 1. The third kappa shape index (κ3) is 7.48. The van der Waals surface area contributed by atoms with Crippen LogP contribution in [0, 0.1) is 0 Å². The molecule has 0 fully saturated rings. The number of halogens is 1. The average molecular weight is 529 g/mol. The number of nitrogens with zero attached hydrogens (tertiary/aromatic N) is 1. The van der Waals surface area contributed by atoms with E-state index >= 15 is 0 Å². The monoisotopic (exact) mass is 528 g/mol. The summed E-state index contributed by atoms with van der Waals surface area (Å²) in [5, 5.41) is 8.93.